The molecule has 0 radical (unpaired) electrons. The van der Waals surface area contributed by atoms with Crippen LogP contribution in [-0.4, -0.2) is 7.11 Å². The van der Waals surface area contributed by atoms with Crippen LogP contribution < -0.4 is 4.89 Å². The second kappa shape index (κ2) is 6.12. The van der Waals surface area contributed by atoms with E-state index in [0.717, 1.165) is 5.56 Å². The van der Waals surface area contributed by atoms with Gasteiger partial charge in [0.15, 0.2) is 5.75 Å². The number of halogens is 2. The van der Waals surface area contributed by atoms with Crippen LogP contribution in [0.1, 0.15) is 5.56 Å². The van der Waals surface area contributed by atoms with Crippen LogP contribution in [0.25, 0.3) is 0 Å². The third-order valence-electron chi connectivity index (χ3n) is 1.54. The summed E-state index contributed by atoms with van der Waals surface area (Å²) in [6.45, 7) is 0. The Balaban J connectivity index is 2.94. The maximum absolute atomic E-state index is 5.85. The number of hydrogen-bond acceptors (Lipinski definition) is 2. The monoisotopic (exact) mass is 322 g/mol. The summed E-state index contributed by atoms with van der Waals surface area (Å²) in [7, 11) is 1.46. The molecule has 0 amide bonds. The van der Waals surface area contributed by atoms with Crippen molar-refractivity contribution < 1.29 is 9.78 Å². The van der Waals surface area contributed by atoms with Crippen LogP contribution in [-0.2, 0) is 11.3 Å². The van der Waals surface area contributed by atoms with Crippen LogP contribution >= 0.6 is 34.2 Å². The fourth-order valence-electron chi connectivity index (χ4n) is 0.986. The molecule has 0 saturated carbocycles. The average Bonchev–Trinajstić information content (AvgIpc) is 2.18. The highest BCUT2D eigenvalue weighted by molar-refractivity contribution is 14.1. The lowest BCUT2D eigenvalue weighted by molar-refractivity contribution is -0.178. The van der Waals surface area contributed by atoms with Gasteiger partial charge in [0.2, 0.25) is 0 Å². The van der Waals surface area contributed by atoms with E-state index in [9.17, 15) is 0 Å². The summed E-state index contributed by atoms with van der Waals surface area (Å²) in [6.07, 6.45) is 0.599. The molecule has 0 fully saturated rings. The van der Waals surface area contributed by atoms with Gasteiger partial charge in [-0.1, -0.05) is 17.5 Å². The summed E-state index contributed by atoms with van der Waals surface area (Å²) in [4.78, 5) is 9.56. The Labute approximate surface area is 102 Å². The Morgan fingerprint density at radius 1 is 1.50 bits per heavy atom. The lowest BCUT2D eigenvalue weighted by Crippen LogP contribution is -1.95. The van der Waals surface area contributed by atoms with Gasteiger partial charge >= 0.3 is 0 Å². The minimum absolute atomic E-state index is 0.599. The molecule has 0 aliphatic rings. The first-order chi connectivity index (χ1) is 6.77. The van der Waals surface area contributed by atoms with Gasteiger partial charge in [-0.25, -0.2) is 0 Å². The number of benzene rings is 1. The topological polar surface area (TPSA) is 18.5 Å². The van der Waals surface area contributed by atoms with Gasteiger partial charge in [0, 0.05) is 39.6 Å². The molecule has 0 unspecified atom stereocenters. The van der Waals surface area contributed by atoms with E-state index >= 15 is 0 Å². The lowest BCUT2D eigenvalue weighted by Gasteiger charge is -2.05. The SMILES string of the molecule is COOc1ccc(Cl)cc1CC#CI. The molecule has 0 aromatic heterocycles. The van der Waals surface area contributed by atoms with Crippen molar-refractivity contribution in [2.24, 2.45) is 0 Å². The van der Waals surface area contributed by atoms with E-state index in [-0.39, 0.29) is 0 Å². The summed E-state index contributed by atoms with van der Waals surface area (Å²) < 4.78 is 2.79. The van der Waals surface area contributed by atoms with Gasteiger partial charge < -0.3 is 4.89 Å². The molecule has 0 bridgehead atoms. The van der Waals surface area contributed by atoms with Gasteiger partial charge in [-0.3, -0.25) is 0 Å². The molecule has 0 aliphatic carbocycles. The van der Waals surface area contributed by atoms with Crippen molar-refractivity contribution in [2.45, 2.75) is 6.42 Å². The van der Waals surface area contributed by atoms with E-state index in [2.05, 4.69) is 14.7 Å². The standard InChI is InChI=1S/C10H8ClIO2/c1-13-14-10-5-4-9(11)7-8(10)3-2-6-12/h4-5,7H,3H2,1H3. The zero-order chi connectivity index (χ0) is 10.4. The lowest BCUT2D eigenvalue weighted by atomic mass is 10.1. The molecule has 1 rings (SSSR count). The number of rotatable bonds is 3. The predicted molar refractivity (Wildman–Crippen MR) is 64.6 cm³/mol. The Morgan fingerprint density at radius 2 is 2.29 bits per heavy atom. The molecule has 2 nitrogen and oxygen atoms in total. The molecule has 0 saturated heterocycles. The van der Waals surface area contributed by atoms with Gasteiger partial charge in [-0.2, -0.15) is 4.89 Å². The van der Waals surface area contributed by atoms with Gasteiger partial charge in [-0.05, 0) is 22.1 Å². The highest BCUT2D eigenvalue weighted by atomic mass is 127. The van der Waals surface area contributed by atoms with E-state index in [4.69, 9.17) is 16.5 Å². The quantitative estimate of drug-likeness (QED) is 0.368. The molecule has 0 spiro atoms. The van der Waals surface area contributed by atoms with Crippen LogP contribution in [0.4, 0.5) is 0 Å². The Morgan fingerprint density at radius 3 is 2.93 bits per heavy atom. The van der Waals surface area contributed by atoms with Gasteiger partial charge in [0.1, 0.15) is 0 Å². The molecule has 4 heteroatoms. The Bertz CT molecular complexity index is 368. The summed E-state index contributed by atoms with van der Waals surface area (Å²) in [5, 5.41) is 0.665. The fraction of sp³-hybridized carbons (Fsp3) is 0.200. The van der Waals surface area contributed by atoms with E-state index < -0.39 is 0 Å². The first-order valence-electron chi connectivity index (χ1n) is 3.85. The summed E-state index contributed by atoms with van der Waals surface area (Å²) >= 11 is 7.84. The zero-order valence-electron chi connectivity index (χ0n) is 7.51. The van der Waals surface area contributed by atoms with E-state index in [1.54, 1.807) is 12.1 Å². The van der Waals surface area contributed by atoms with Crippen molar-refractivity contribution in [3.63, 3.8) is 0 Å². The third kappa shape index (κ3) is 3.37. The Kier molecular flexibility index (Phi) is 5.09. The second-order valence-corrected chi connectivity index (χ2v) is 3.43. The maximum Gasteiger partial charge on any atom is 0.169 e. The van der Waals surface area contributed by atoms with Crippen molar-refractivity contribution in [1.29, 1.82) is 0 Å². The smallest absolute Gasteiger partial charge is 0.169 e. The van der Waals surface area contributed by atoms with E-state index in [1.807, 2.05) is 28.7 Å². The van der Waals surface area contributed by atoms with Gasteiger partial charge in [0.05, 0.1) is 7.11 Å². The van der Waals surface area contributed by atoms with Crippen molar-refractivity contribution in [3.8, 4) is 15.6 Å². The second-order valence-electron chi connectivity index (χ2n) is 2.45. The van der Waals surface area contributed by atoms with Gasteiger partial charge in [0.25, 0.3) is 0 Å². The van der Waals surface area contributed by atoms with Crippen LogP contribution in [0.3, 0.4) is 0 Å². The van der Waals surface area contributed by atoms with Crippen molar-refractivity contribution in [3.05, 3.63) is 28.8 Å². The minimum atomic E-state index is 0.599. The molecule has 0 atom stereocenters. The summed E-state index contributed by atoms with van der Waals surface area (Å²) in [6, 6.07) is 5.32. The van der Waals surface area contributed by atoms with Crippen molar-refractivity contribution >= 4 is 34.2 Å². The van der Waals surface area contributed by atoms with Gasteiger partial charge in [-0.15, -0.1) is 0 Å². The minimum Gasteiger partial charge on any atom is -0.338 e. The van der Waals surface area contributed by atoms with Crippen molar-refractivity contribution in [1.82, 2.24) is 0 Å². The highest BCUT2D eigenvalue weighted by Gasteiger charge is 2.03. The molecule has 74 valence electrons. The molecule has 0 heterocycles. The van der Waals surface area contributed by atoms with Crippen LogP contribution in [0.2, 0.25) is 5.02 Å². The molecular formula is C10H8ClIO2. The van der Waals surface area contributed by atoms with Crippen LogP contribution in [0.15, 0.2) is 18.2 Å². The van der Waals surface area contributed by atoms with Crippen LogP contribution in [0.5, 0.6) is 5.75 Å². The Hall–Kier alpha value is -0.440. The van der Waals surface area contributed by atoms with E-state index in [0.29, 0.717) is 17.2 Å². The normalized spacial score (nSPS) is 9.07. The zero-order valence-corrected chi connectivity index (χ0v) is 10.4. The maximum atomic E-state index is 5.85. The first kappa shape index (κ1) is 11.6. The van der Waals surface area contributed by atoms with Crippen molar-refractivity contribution in [2.75, 3.05) is 7.11 Å². The first-order valence-corrected chi connectivity index (χ1v) is 5.31. The molecule has 0 aliphatic heterocycles. The largest absolute Gasteiger partial charge is 0.338 e. The molecule has 0 N–H and O–H groups in total. The third-order valence-corrected chi connectivity index (χ3v) is 2.16. The molecule has 14 heavy (non-hydrogen) atoms. The van der Waals surface area contributed by atoms with E-state index in [1.165, 1.54) is 7.11 Å². The molecule has 1 aromatic carbocycles. The predicted octanol–water partition coefficient (Wildman–Crippen LogP) is 3.22. The average molecular weight is 323 g/mol. The van der Waals surface area contributed by atoms with Crippen LogP contribution in [0, 0.1) is 9.85 Å². The summed E-state index contributed by atoms with van der Waals surface area (Å²) in [5.41, 5.74) is 0.920. The highest BCUT2D eigenvalue weighted by Crippen LogP contribution is 2.23. The fourth-order valence-corrected chi connectivity index (χ4v) is 1.37. The summed E-state index contributed by atoms with van der Waals surface area (Å²) in [5.74, 6) is 3.58. The number of hydrogen-bond donors (Lipinski definition) is 0. The molecule has 1 aromatic rings. The molecular weight excluding hydrogens is 314 g/mol.